The minimum atomic E-state index is -2.22. The van der Waals surface area contributed by atoms with Crippen molar-refractivity contribution in [2.24, 2.45) is 0 Å². The summed E-state index contributed by atoms with van der Waals surface area (Å²) in [5, 5.41) is 85.2. The van der Waals surface area contributed by atoms with Gasteiger partial charge in [0.1, 0.15) is 49.3 Å². The number of benzene rings is 1. The second-order valence-corrected chi connectivity index (χ2v) is 7.52. The highest BCUT2D eigenvalue weighted by Crippen LogP contribution is 2.35. The predicted octanol–water partition coefficient (Wildman–Crippen LogP) is -4.17. The Kier molecular flexibility index (Phi) is 10.4. The molecule has 9 N–H and O–H groups in total. The highest BCUT2D eigenvalue weighted by Gasteiger charge is 2.58. The fraction of sp³-hybridized carbons (Fsp3) is 0.700. The SMILES string of the molecule is OCCc1ccccc1.OC[C@H]1O[C@@](CO)(O[C@H]2O[C@H](CO)[C@@H](O)[C@H](O)[C@H]2O)[C@@H](O)[C@@H]1O. The van der Waals surface area contributed by atoms with Crippen LogP contribution in [0, 0.1) is 0 Å². The lowest BCUT2D eigenvalue weighted by molar-refractivity contribution is -0.383. The zero-order valence-electron chi connectivity index (χ0n) is 17.3. The van der Waals surface area contributed by atoms with Gasteiger partial charge in [-0.15, -0.1) is 0 Å². The van der Waals surface area contributed by atoms with Gasteiger partial charge in [0.2, 0.25) is 5.79 Å². The molecular formula is C20H32O12. The van der Waals surface area contributed by atoms with E-state index in [1.807, 2.05) is 30.3 Å². The number of aliphatic hydroxyl groups excluding tert-OH is 9. The minimum Gasteiger partial charge on any atom is -0.396 e. The lowest BCUT2D eigenvalue weighted by atomic mass is 9.99. The van der Waals surface area contributed by atoms with Crippen LogP contribution in [0.4, 0.5) is 0 Å². The van der Waals surface area contributed by atoms with Crippen molar-refractivity contribution in [1.82, 2.24) is 0 Å². The van der Waals surface area contributed by atoms with Crippen LogP contribution in [-0.2, 0) is 20.6 Å². The van der Waals surface area contributed by atoms with Gasteiger partial charge in [0, 0.05) is 6.61 Å². The molecule has 2 aliphatic heterocycles. The van der Waals surface area contributed by atoms with Crippen LogP contribution < -0.4 is 0 Å². The van der Waals surface area contributed by atoms with E-state index in [0.29, 0.717) is 0 Å². The van der Waals surface area contributed by atoms with Crippen molar-refractivity contribution >= 4 is 0 Å². The molecule has 2 aliphatic rings. The van der Waals surface area contributed by atoms with Crippen molar-refractivity contribution in [3.63, 3.8) is 0 Å². The molecule has 2 heterocycles. The summed E-state index contributed by atoms with van der Waals surface area (Å²) in [5.41, 5.74) is 1.19. The molecule has 1 aromatic rings. The lowest BCUT2D eigenvalue weighted by Crippen LogP contribution is -2.62. The minimum absolute atomic E-state index is 0.240. The number of rotatable bonds is 7. The van der Waals surface area contributed by atoms with E-state index < -0.39 is 74.6 Å². The Hall–Kier alpha value is -1.26. The van der Waals surface area contributed by atoms with E-state index in [-0.39, 0.29) is 6.61 Å². The van der Waals surface area contributed by atoms with Gasteiger partial charge >= 0.3 is 0 Å². The zero-order valence-corrected chi connectivity index (χ0v) is 17.3. The van der Waals surface area contributed by atoms with Crippen molar-refractivity contribution in [2.75, 3.05) is 26.4 Å². The second-order valence-electron chi connectivity index (χ2n) is 7.52. The largest absolute Gasteiger partial charge is 0.396 e. The summed E-state index contributed by atoms with van der Waals surface area (Å²) in [4.78, 5) is 0. The van der Waals surface area contributed by atoms with Crippen LogP contribution in [0.5, 0.6) is 0 Å². The average molecular weight is 464 g/mol. The van der Waals surface area contributed by atoms with Crippen LogP contribution >= 0.6 is 0 Å². The zero-order chi connectivity index (χ0) is 23.9. The van der Waals surface area contributed by atoms with Crippen molar-refractivity contribution in [2.45, 2.75) is 61.2 Å². The first kappa shape index (κ1) is 27.0. The molecule has 3 rings (SSSR count). The van der Waals surface area contributed by atoms with E-state index in [0.717, 1.165) is 6.42 Å². The third-order valence-electron chi connectivity index (χ3n) is 5.31. The molecule has 2 fully saturated rings. The van der Waals surface area contributed by atoms with Crippen molar-refractivity contribution in [3.05, 3.63) is 35.9 Å². The molecule has 0 radical (unpaired) electrons. The quantitative estimate of drug-likeness (QED) is 0.188. The maximum atomic E-state index is 10.00. The Balaban J connectivity index is 0.000000336. The molecule has 9 atom stereocenters. The molecular weight excluding hydrogens is 432 g/mol. The van der Waals surface area contributed by atoms with Gasteiger partial charge in [-0.05, 0) is 12.0 Å². The maximum Gasteiger partial charge on any atom is 0.224 e. The highest BCUT2D eigenvalue weighted by molar-refractivity contribution is 5.14. The van der Waals surface area contributed by atoms with Gasteiger partial charge in [0.25, 0.3) is 0 Å². The van der Waals surface area contributed by atoms with Crippen LogP contribution in [0.1, 0.15) is 5.56 Å². The summed E-state index contributed by atoms with van der Waals surface area (Å²) >= 11 is 0. The third kappa shape index (κ3) is 5.99. The van der Waals surface area contributed by atoms with Crippen molar-refractivity contribution < 1.29 is 60.2 Å². The first-order chi connectivity index (χ1) is 15.2. The Morgan fingerprint density at radius 1 is 0.781 bits per heavy atom. The summed E-state index contributed by atoms with van der Waals surface area (Å²) in [7, 11) is 0. The van der Waals surface area contributed by atoms with Crippen LogP contribution in [-0.4, -0.2) is 127 Å². The summed E-state index contributed by atoms with van der Waals surface area (Å²) in [6.07, 6.45) is -11.9. The molecule has 0 saturated carbocycles. The van der Waals surface area contributed by atoms with E-state index >= 15 is 0 Å². The molecule has 0 unspecified atom stereocenters. The Morgan fingerprint density at radius 2 is 1.41 bits per heavy atom. The summed E-state index contributed by atoms with van der Waals surface area (Å²) < 4.78 is 15.4. The molecule has 0 bridgehead atoms. The van der Waals surface area contributed by atoms with E-state index in [9.17, 15) is 30.6 Å². The lowest BCUT2D eigenvalue weighted by Gasteiger charge is -2.43. The molecule has 0 aliphatic carbocycles. The molecule has 2 saturated heterocycles. The topological polar surface area (TPSA) is 210 Å². The molecule has 184 valence electrons. The standard InChI is InChI=1S/C12H22O11.C8H10O/c13-1-4-6(16)8(18)9(19)11(21-4)23-12(3-15)10(20)7(17)5(2-14)22-12;9-7-6-8-4-2-1-3-5-8/h4-11,13-20H,1-3H2;1-5,9H,6-7H2/t4-,5-,6-,7-,8+,9-,10+,11-,12+;/m1./s1. The van der Waals surface area contributed by atoms with Gasteiger partial charge < -0.3 is 60.2 Å². The maximum absolute atomic E-state index is 10.00. The fourth-order valence-corrected chi connectivity index (χ4v) is 3.41. The third-order valence-corrected chi connectivity index (χ3v) is 5.31. The second kappa shape index (κ2) is 12.3. The van der Waals surface area contributed by atoms with E-state index in [4.69, 9.17) is 29.5 Å². The van der Waals surface area contributed by atoms with Gasteiger partial charge in [0.15, 0.2) is 6.29 Å². The number of aliphatic hydroxyl groups is 9. The molecule has 0 amide bonds. The van der Waals surface area contributed by atoms with Gasteiger partial charge in [-0.3, -0.25) is 0 Å². The summed E-state index contributed by atoms with van der Waals surface area (Å²) in [5.74, 6) is -2.22. The Morgan fingerprint density at radius 3 is 1.91 bits per heavy atom. The van der Waals surface area contributed by atoms with Crippen LogP contribution in [0.25, 0.3) is 0 Å². The first-order valence-electron chi connectivity index (χ1n) is 10.1. The summed E-state index contributed by atoms with van der Waals surface area (Å²) in [6, 6.07) is 9.95. The average Bonchev–Trinajstić information content (AvgIpc) is 3.05. The normalized spacial score (nSPS) is 39.4. The van der Waals surface area contributed by atoms with Gasteiger partial charge in [-0.1, -0.05) is 30.3 Å². The molecule has 0 spiro atoms. The van der Waals surface area contributed by atoms with Gasteiger partial charge in [-0.25, -0.2) is 0 Å². The van der Waals surface area contributed by atoms with Crippen LogP contribution in [0.3, 0.4) is 0 Å². The fourth-order valence-electron chi connectivity index (χ4n) is 3.41. The Labute approximate surface area is 184 Å². The van der Waals surface area contributed by atoms with Crippen molar-refractivity contribution in [1.29, 1.82) is 0 Å². The smallest absolute Gasteiger partial charge is 0.224 e. The van der Waals surface area contributed by atoms with Crippen LogP contribution in [0.2, 0.25) is 0 Å². The molecule has 0 aromatic heterocycles. The Bertz CT molecular complexity index is 661. The van der Waals surface area contributed by atoms with Gasteiger partial charge in [0.05, 0.1) is 13.2 Å². The molecule has 1 aromatic carbocycles. The van der Waals surface area contributed by atoms with E-state index in [1.165, 1.54) is 5.56 Å². The monoisotopic (exact) mass is 464 g/mol. The number of hydrogen-bond acceptors (Lipinski definition) is 12. The molecule has 32 heavy (non-hydrogen) atoms. The predicted molar refractivity (Wildman–Crippen MR) is 106 cm³/mol. The highest BCUT2D eigenvalue weighted by atomic mass is 16.8. The number of hydrogen-bond donors (Lipinski definition) is 9. The van der Waals surface area contributed by atoms with Crippen LogP contribution in [0.15, 0.2) is 30.3 Å². The van der Waals surface area contributed by atoms with E-state index in [1.54, 1.807) is 0 Å². The van der Waals surface area contributed by atoms with E-state index in [2.05, 4.69) is 0 Å². The molecule has 12 heteroatoms. The molecule has 12 nitrogen and oxygen atoms in total. The van der Waals surface area contributed by atoms with Crippen molar-refractivity contribution in [3.8, 4) is 0 Å². The first-order valence-corrected chi connectivity index (χ1v) is 10.1. The van der Waals surface area contributed by atoms with Gasteiger partial charge in [-0.2, -0.15) is 0 Å². The number of ether oxygens (including phenoxy) is 3. The summed E-state index contributed by atoms with van der Waals surface area (Å²) in [6.45, 7) is -2.08.